The highest BCUT2D eigenvalue weighted by molar-refractivity contribution is 5.54. The predicted molar refractivity (Wildman–Crippen MR) is 69.0 cm³/mol. The second-order valence-corrected chi connectivity index (χ2v) is 4.69. The molecule has 1 rings (SSSR count). The number of alkyl halides is 3. The summed E-state index contributed by atoms with van der Waals surface area (Å²) in [6.07, 6.45) is -4.21. The minimum atomic E-state index is -4.21. The van der Waals surface area contributed by atoms with E-state index in [1.165, 1.54) is 12.0 Å². The molecule has 0 fully saturated rings. The molecule has 108 valence electrons. The van der Waals surface area contributed by atoms with Gasteiger partial charge in [0.25, 0.3) is 0 Å². The highest BCUT2D eigenvalue weighted by atomic mass is 19.4. The number of ether oxygens (including phenoxy) is 1. The Balaban J connectivity index is 2.82. The molecule has 19 heavy (non-hydrogen) atoms. The Morgan fingerprint density at radius 3 is 2.37 bits per heavy atom. The second kappa shape index (κ2) is 6.14. The van der Waals surface area contributed by atoms with Gasteiger partial charge in [-0.15, -0.1) is 0 Å². The van der Waals surface area contributed by atoms with Crippen LogP contribution in [-0.2, 0) is 6.54 Å². The van der Waals surface area contributed by atoms with Crippen molar-refractivity contribution in [1.29, 1.82) is 0 Å². The molecule has 0 saturated heterocycles. The van der Waals surface area contributed by atoms with E-state index in [0.717, 1.165) is 5.56 Å². The largest absolute Gasteiger partial charge is 0.495 e. The van der Waals surface area contributed by atoms with Crippen LogP contribution in [0.2, 0.25) is 0 Å². The summed E-state index contributed by atoms with van der Waals surface area (Å²) in [6, 6.07) is 4.83. The molecule has 0 amide bonds. The highest BCUT2D eigenvalue weighted by Crippen LogP contribution is 2.24. The SMILES string of the molecule is COc1ccc(CN(CC(F)(F)F)C(C)C)cc1N. The van der Waals surface area contributed by atoms with Crippen LogP contribution in [0.3, 0.4) is 0 Å². The van der Waals surface area contributed by atoms with Crippen LogP contribution in [0.25, 0.3) is 0 Å². The average molecular weight is 276 g/mol. The number of rotatable bonds is 5. The summed E-state index contributed by atoms with van der Waals surface area (Å²) >= 11 is 0. The van der Waals surface area contributed by atoms with Crippen LogP contribution < -0.4 is 10.5 Å². The highest BCUT2D eigenvalue weighted by Gasteiger charge is 2.31. The minimum Gasteiger partial charge on any atom is -0.495 e. The average Bonchev–Trinajstić information content (AvgIpc) is 2.26. The van der Waals surface area contributed by atoms with Crippen LogP contribution in [0, 0.1) is 0 Å². The Hall–Kier alpha value is -1.43. The maximum atomic E-state index is 12.5. The maximum absolute atomic E-state index is 12.5. The Bertz CT molecular complexity index is 419. The zero-order valence-electron chi connectivity index (χ0n) is 11.3. The fourth-order valence-corrected chi connectivity index (χ4v) is 1.77. The summed E-state index contributed by atoms with van der Waals surface area (Å²) in [5.74, 6) is 0.524. The van der Waals surface area contributed by atoms with E-state index in [-0.39, 0.29) is 12.6 Å². The summed E-state index contributed by atoms with van der Waals surface area (Å²) < 4.78 is 42.5. The molecule has 0 aliphatic carbocycles. The molecule has 2 N–H and O–H groups in total. The first-order chi connectivity index (χ1) is 8.73. The Labute approximate surface area is 111 Å². The molecule has 0 atom stereocenters. The van der Waals surface area contributed by atoms with Crippen molar-refractivity contribution >= 4 is 5.69 Å². The summed E-state index contributed by atoms with van der Waals surface area (Å²) in [6.45, 7) is 2.74. The topological polar surface area (TPSA) is 38.5 Å². The van der Waals surface area contributed by atoms with Crippen molar-refractivity contribution < 1.29 is 17.9 Å². The van der Waals surface area contributed by atoms with Gasteiger partial charge in [-0.1, -0.05) is 6.07 Å². The molecule has 1 aromatic rings. The van der Waals surface area contributed by atoms with E-state index >= 15 is 0 Å². The molecule has 0 aromatic heterocycles. The lowest BCUT2D eigenvalue weighted by atomic mass is 10.1. The molecule has 0 unspecified atom stereocenters. The molecular weight excluding hydrogens is 257 g/mol. The summed E-state index contributed by atoms with van der Waals surface area (Å²) in [7, 11) is 1.50. The third kappa shape index (κ3) is 4.98. The molecule has 0 heterocycles. The summed E-state index contributed by atoms with van der Waals surface area (Å²) in [4.78, 5) is 1.35. The molecular formula is C13H19F3N2O. The van der Waals surface area contributed by atoms with Crippen LogP contribution in [-0.4, -0.2) is 30.8 Å². The van der Waals surface area contributed by atoms with Gasteiger partial charge in [0.15, 0.2) is 0 Å². The van der Waals surface area contributed by atoms with E-state index in [9.17, 15) is 13.2 Å². The van der Waals surface area contributed by atoms with E-state index in [1.54, 1.807) is 32.0 Å². The van der Waals surface area contributed by atoms with Gasteiger partial charge in [0, 0.05) is 12.6 Å². The maximum Gasteiger partial charge on any atom is 0.401 e. The lowest BCUT2D eigenvalue weighted by Gasteiger charge is -2.27. The number of halogens is 3. The number of benzene rings is 1. The third-order valence-electron chi connectivity index (χ3n) is 2.79. The number of anilines is 1. The molecule has 0 spiro atoms. The van der Waals surface area contributed by atoms with Crippen molar-refractivity contribution in [3.63, 3.8) is 0 Å². The van der Waals surface area contributed by atoms with E-state index in [4.69, 9.17) is 10.5 Å². The van der Waals surface area contributed by atoms with Gasteiger partial charge in [-0.2, -0.15) is 13.2 Å². The zero-order chi connectivity index (χ0) is 14.6. The number of hydrogen-bond donors (Lipinski definition) is 1. The Kier molecular flexibility index (Phi) is 5.05. The van der Waals surface area contributed by atoms with Crippen LogP contribution in [0.5, 0.6) is 5.75 Å². The van der Waals surface area contributed by atoms with Gasteiger partial charge < -0.3 is 10.5 Å². The summed E-state index contributed by atoms with van der Waals surface area (Å²) in [5, 5.41) is 0. The number of hydrogen-bond acceptors (Lipinski definition) is 3. The van der Waals surface area contributed by atoms with Crippen LogP contribution in [0.1, 0.15) is 19.4 Å². The van der Waals surface area contributed by atoms with E-state index in [2.05, 4.69) is 0 Å². The number of nitrogens with two attached hydrogens (primary N) is 1. The number of nitrogens with zero attached hydrogens (tertiary/aromatic N) is 1. The molecule has 3 nitrogen and oxygen atoms in total. The lowest BCUT2D eigenvalue weighted by molar-refractivity contribution is -0.150. The quantitative estimate of drug-likeness (QED) is 0.840. The van der Waals surface area contributed by atoms with Crippen LogP contribution in [0.4, 0.5) is 18.9 Å². The molecule has 0 bridgehead atoms. The third-order valence-corrected chi connectivity index (χ3v) is 2.79. The fourth-order valence-electron chi connectivity index (χ4n) is 1.77. The van der Waals surface area contributed by atoms with Crippen LogP contribution in [0.15, 0.2) is 18.2 Å². The summed E-state index contributed by atoms with van der Waals surface area (Å²) in [5.41, 5.74) is 6.90. The van der Waals surface area contributed by atoms with Gasteiger partial charge in [0.2, 0.25) is 0 Å². The van der Waals surface area contributed by atoms with E-state index < -0.39 is 12.7 Å². The van der Waals surface area contributed by atoms with Gasteiger partial charge in [-0.3, -0.25) is 4.90 Å². The first-order valence-corrected chi connectivity index (χ1v) is 5.96. The number of methoxy groups -OCH3 is 1. The number of nitrogen functional groups attached to an aromatic ring is 1. The van der Waals surface area contributed by atoms with Crippen molar-refractivity contribution in [2.45, 2.75) is 32.6 Å². The smallest absolute Gasteiger partial charge is 0.401 e. The van der Waals surface area contributed by atoms with Gasteiger partial charge in [-0.05, 0) is 31.5 Å². The first-order valence-electron chi connectivity index (χ1n) is 5.96. The van der Waals surface area contributed by atoms with E-state index in [1.807, 2.05) is 0 Å². The Morgan fingerprint density at radius 2 is 1.95 bits per heavy atom. The normalized spacial score (nSPS) is 12.2. The van der Waals surface area contributed by atoms with Crippen molar-refractivity contribution in [3.8, 4) is 5.75 Å². The second-order valence-electron chi connectivity index (χ2n) is 4.69. The lowest BCUT2D eigenvalue weighted by Crippen LogP contribution is -2.38. The van der Waals surface area contributed by atoms with Crippen molar-refractivity contribution in [1.82, 2.24) is 4.90 Å². The van der Waals surface area contributed by atoms with Crippen molar-refractivity contribution in [3.05, 3.63) is 23.8 Å². The monoisotopic (exact) mass is 276 g/mol. The zero-order valence-corrected chi connectivity index (χ0v) is 11.3. The predicted octanol–water partition coefficient (Wildman–Crippen LogP) is 3.05. The van der Waals surface area contributed by atoms with Gasteiger partial charge in [0.1, 0.15) is 5.75 Å². The van der Waals surface area contributed by atoms with Crippen molar-refractivity contribution in [2.24, 2.45) is 0 Å². The van der Waals surface area contributed by atoms with Crippen LogP contribution >= 0.6 is 0 Å². The van der Waals surface area contributed by atoms with Gasteiger partial charge >= 0.3 is 6.18 Å². The fraction of sp³-hybridized carbons (Fsp3) is 0.538. The first kappa shape index (κ1) is 15.6. The molecule has 0 saturated carbocycles. The minimum absolute atomic E-state index is 0.200. The Morgan fingerprint density at radius 1 is 1.32 bits per heavy atom. The standard InChI is InChI=1S/C13H19F3N2O/c1-9(2)18(8-13(14,15)16)7-10-4-5-12(19-3)11(17)6-10/h4-6,9H,7-8,17H2,1-3H3. The molecule has 1 aromatic carbocycles. The molecule has 0 aliphatic heterocycles. The van der Waals surface area contributed by atoms with Crippen molar-refractivity contribution in [2.75, 3.05) is 19.4 Å². The van der Waals surface area contributed by atoms with Gasteiger partial charge in [0.05, 0.1) is 19.3 Å². The molecule has 6 heteroatoms. The van der Waals surface area contributed by atoms with E-state index in [0.29, 0.717) is 11.4 Å². The van der Waals surface area contributed by atoms with Gasteiger partial charge in [-0.25, -0.2) is 0 Å². The molecule has 0 radical (unpaired) electrons. The molecule has 0 aliphatic rings.